The van der Waals surface area contributed by atoms with Crippen LogP contribution in [0.1, 0.15) is 36.0 Å². The van der Waals surface area contributed by atoms with Crippen LogP contribution in [0.3, 0.4) is 0 Å². The van der Waals surface area contributed by atoms with Gasteiger partial charge in [-0.25, -0.2) is 0 Å². The second-order valence-corrected chi connectivity index (χ2v) is 7.64. The van der Waals surface area contributed by atoms with Gasteiger partial charge in [0.2, 0.25) is 0 Å². The van der Waals surface area contributed by atoms with Crippen LogP contribution < -0.4 is 5.32 Å². The zero-order valence-corrected chi connectivity index (χ0v) is 13.2. The topological polar surface area (TPSA) is 49.3 Å². The van der Waals surface area contributed by atoms with E-state index in [9.17, 15) is 9.90 Å². The summed E-state index contributed by atoms with van der Waals surface area (Å²) in [6.07, 6.45) is 4.63. The van der Waals surface area contributed by atoms with Crippen LogP contribution in [-0.4, -0.2) is 24.2 Å². The van der Waals surface area contributed by atoms with Crippen molar-refractivity contribution in [2.75, 3.05) is 13.2 Å². The Bertz CT molecular complexity index is 407. The van der Waals surface area contributed by atoms with Crippen molar-refractivity contribution in [3.8, 4) is 0 Å². The molecule has 100 valence electrons. The van der Waals surface area contributed by atoms with Crippen molar-refractivity contribution >= 4 is 39.8 Å². The molecule has 1 fully saturated rings. The summed E-state index contributed by atoms with van der Waals surface area (Å²) in [4.78, 5) is 11.9. The van der Waals surface area contributed by atoms with E-state index in [0.29, 0.717) is 18.4 Å². The number of aliphatic hydroxyl groups excluding tert-OH is 1. The van der Waals surface area contributed by atoms with E-state index in [1.54, 1.807) is 11.3 Å². The van der Waals surface area contributed by atoms with Crippen LogP contribution in [0.4, 0.5) is 0 Å². The average Bonchev–Trinajstić information content (AvgIpc) is 2.83. The molecule has 1 saturated carbocycles. The summed E-state index contributed by atoms with van der Waals surface area (Å²) in [6.45, 7) is 0.938. The highest BCUT2D eigenvalue weighted by Crippen LogP contribution is 2.29. The summed E-state index contributed by atoms with van der Waals surface area (Å²) in [5.74, 6) is 0.809. The highest BCUT2D eigenvalue weighted by atomic mass is 127. The third kappa shape index (κ3) is 3.68. The summed E-state index contributed by atoms with van der Waals surface area (Å²) < 4.78 is 1.13. The molecule has 1 aromatic heterocycles. The molecule has 0 aromatic carbocycles. The van der Waals surface area contributed by atoms with E-state index in [4.69, 9.17) is 0 Å². The number of hydrogen-bond acceptors (Lipinski definition) is 3. The molecule has 0 radical (unpaired) electrons. The van der Waals surface area contributed by atoms with E-state index in [1.165, 1.54) is 12.8 Å². The molecule has 5 heteroatoms. The molecule has 3 nitrogen and oxygen atoms in total. The quantitative estimate of drug-likeness (QED) is 0.791. The van der Waals surface area contributed by atoms with E-state index < -0.39 is 0 Å². The van der Waals surface area contributed by atoms with Gasteiger partial charge in [0.05, 0.1) is 8.45 Å². The fraction of sp³-hybridized carbons (Fsp3) is 0.615. The minimum Gasteiger partial charge on any atom is -0.396 e. The molecule has 0 spiro atoms. The van der Waals surface area contributed by atoms with E-state index in [1.807, 2.05) is 11.4 Å². The normalized spacial score (nSPS) is 23.9. The highest BCUT2D eigenvalue weighted by molar-refractivity contribution is 14.1. The van der Waals surface area contributed by atoms with Gasteiger partial charge in [0.25, 0.3) is 5.91 Å². The first-order valence-electron chi connectivity index (χ1n) is 6.34. The van der Waals surface area contributed by atoms with Crippen LogP contribution in [0, 0.1) is 14.7 Å². The lowest BCUT2D eigenvalue weighted by atomic mass is 9.79. The number of thiophene rings is 1. The molecule has 18 heavy (non-hydrogen) atoms. The van der Waals surface area contributed by atoms with Gasteiger partial charge in [-0.1, -0.05) is 12.8 Å². The standard InChI is InChI=1S/C13H18INO2S/c14-12-5-11(8-18-12)13(17)15-6-9-3-1-2-4-10(9)7-16/h5,8-10,16H,1-4,6-7H2,(H,15,17). The van der Waals surface area contributed by atoms with Crippen molar-refractivity contribution in [1.82, 2.24) is 5.32 Å². The molecule has 2 atom stereocenters. The lowest BCUT2D eigenvalue weighted by molar-refractivity contribution is 0.0909. The van der Waals surface area contributed by atoms with E-state index in [0.717, 1.165) is 21.3 Å². The summed E-state index contributed by atoms with van der Waals surface area (Å²) >= 11 is 3.81. The molecule has 1 heterocycles. The lowest BCUT2D eigenvalue weighted by Crippen LogP contribution is -2.35. The fourth-order valence-corrected chi connectivity index (χ4v) is 3.88. The number of rotatable bonds is 4. The number of amides is 1. The third-order valence-electron chi connectivity index (χ3n) is 3.66. The van der Waals surface area contributed by atoms with Crippen molar-refractivity contribution in [2.24, 2.45) is 11.8 Å². The van der Waals surface area contributed by atoms with Gasteiger partial charge >= 0.3 is 0 Å². The van der Waals surface area contributed by atoms with E-state index in [-0.39, 0.29) is 12.5 Å². The molecule has 2 unspecified atom stereocenters. The van der Waals surface area contributed by atoms with Crippen molar-refractivity contribution < 1.29 is 9.90 Å². The Hall–Kier alpha value is -0.140. The van der Waals surface area contributed by atoms with Crippen molar-refractivity contribution in [2.45, 2.75) is 25.7 Å². The van der Waals surface area contributed by atoms with Gasteiger partial charge in [-0.3, -0.25) is 4.79 Å². The molecule has 1 aliphatic rings. The Kier molecular flexibility index (Phi) is 5.44. The molecular formula is C13H18INO2S. The molecule has 2 N–H and O–H groups in total. The number of carbonyl (C=O) groups is 1. The first kappa shape index (κ1) is 14.3. The van der Waals surface area contributed by atoms with Gasteiger partial charge in [0.15, 0.2) is 0 Å². The van der Waals surface area contributed by atoms with Crippen LogP contribution in [0.5, 0.6) is 0 Å². The van der Waals surface area contributed by atoms with E-state index >= 15 is 0 Å². The molecular weight excluding hydrogens is 361 g/mol. The van der Waals surface area contributed by atoms with Crippen molar-refractivity contribution in [1.29, 1.82) is 0 Å². The maximum absolute atomic E-state index is 11.9. The first-order valence-corrected chi connectivity index (χ1v) is 8.29. The maximum atomic E-state index is 11.9. The Morgan fingerprint density at radius 3 is 2.78 bits per heavy atom. The van der Waals surface area contributed by atoms with Crippen LogP contribution >= 0.6 is 33.9 Å². The monoisotopic (exact) mass is 379 g/mol. The smallest absolute Gasteiger partial charge is 0.252 e. The fourth-order valence-electron chi connectivity index (χ4n) is 2.55. The average molecular weight is 379 g/mol. The maximum Gasteiger partial charge on any atom is 0.252 e. The number of aliphatic hydroxyl groups is 1. The number of hydrogen-bond donors (Lipinski definition) is 2. The number of carbonyl (C=O) groups excluding carboxylic acids is 1. The highest BCUT2D eigenvalue weighted by Gasteiger charge is 2.24. The Morgan fingerprint density at radius 2 is 2.17 bits per heavy atom. The number of halogens is 1. The Labute approximate surface area is 125 Å². The van der Waals surface area contributed by atoms with Crippen molar-refractivity contribution in [3.05, 3.63) is 19.9 Å². The molecule has 1 aliphatic carbocycles. The zero-order chi connectivity index (χ0) is 13.0. The Morgan fingerprint density at radius 1 is 1.44 bits per heavy atom. The van der Waals surface area contributed by atoms with Crippen LogP contribution in [0.25, 0.3) is 0 Å². The van der Waals surface area contributed by atoms with Gasteiger partial charge in [-0.15, -0.1) is 11.3 Å². The molecule has 0 saturated heterocycles. The van der Waals surface area contributed by atoms with Crippen molar-refractivity contribution in [3.63, 3.8) is 0 Å². The molecule has 1 amide bonds. The zero-order valence-electron chi connectivity index (χ0n) is 10.2. The first-order chi connectivity index (χ1) is 8.70. The molecule has 0 bridgehead atoms. The minimum atomic E-state index is 0.0106. The summed E-state index contributed by atoms with van der Waals surface area (Å²) in [5.41, 5.74) is 0.751. The van der Waals surface area contributed by atoms with Gasteiger partial charge in [0, 0.05) is 18.5 Å². The summed E-state index contributed by atoms with van der Waals surface area (Å²) in [7, 11) is 0. The van der Waals surface area contributed by atoms with Gasteiger partial charge in [-0.05, 0) is 53.3 Å². The second kappa shape index (κ2) is 6.86. The molecule has 1 aromatic rings. The van der Waals surface area contributed by atoms with Gasteiger partial charge < -0.3 is 10.4 Å². The largest absolute Gasteiger partial charge is 0.396 e. The summed E-state index contributed by atoms with van der Waals surface area (Å²) in [5, 5.41) is 14.2. The summed E-state index contributed by atoms with van der Waals surface area (Å²) in [6, 6.07) is 1.91. The van der Waals surface area contributed by atoms with Crippen LogP contribution in [0.15, 0.2) is 11.4 Å². The SMILES string of the molecule is O=C(NCC1CCCCC1CO)c1csc(I)c1. The second-order valence-electron chi connectivity index (χ2n) is 4.84. The van der Waals surface area contributed by atoms with Crippen LogP contribution in [0.2, 0.25) is 0 Å². The lowest BCUT2D eigenvalue weighted by Gasteiger charge is -2.30. The minimum absolute atomic E-state index is 0.0106. The van der Waals surface area contributed by atoms with Gasteiger partial charge in [-0.2, -0.15) is 0 Å². The third-order valence-corrected chi connectivity index (χ3v) is 5.44. The van der Waals surface area contributed by atoms with E-state index in [2.05, 4.69) is 27.9 Å². The number of nitrogens with one attached hydrogen (secondary N) is 1. The predicted molar refractivity (Wildman–Crippen MR) is 81.9 cm³/mol. The molecule has 2 rings (SSSR count). The van der Waals surface area contributed by atoms with Gasteiger partial charge in [0.1, 0.15) is 0 Å². The predicted octanol–water partition coefficient (Wildman–Crippen LogP) is 2.88. The molecule has 0 aliphatic heterocycles. The van der Waals surface area contributed by atoms with Crippen LogP contribution in [-0.2, 0) is 0 Å². The Balaban J connectivity index is 1.85.